The average molecular weight is 238 g/mol. The van der Waals surface area contributed by atoms with Gasteiger partial charge in [-0.15, -0.1) is 6.58 Å². The molecule has 5 nitrogen and oxygen atoms in total. The summed E-state index contributed by atoms with van der Waals surface area (Å²) in [5, 5.41) is 8.37. The fourth-order valence-electron chi connectivity index (χ4n) is 0.688. The van der Waals surface area contributed by atoms with Crippen LogP contribution in [0.1, 0.15) is 20.8 Å². The summed E-state index contributed by atoms with van der Waals surface area (Å²) < 4.78 is 20.9. The molecule has 15 heavy (non-hydrogen) atoms. The third kappa shape index (κ3) is 11.3. The SMILES string of the molecule is C=CC.CCOP(=O)(CC(=O)O)OCC. The summed E-state index contributed by atoms with van der Waals surface area (Å²) in [7, 11) is -3.38. The van der Waals surface area contributed by atoms with Gasteiger partial charge in [-0.05, 0) is 20.8 Å². The van der Waals surface area contributed by atoms with Gasteiger partial charge in [0, 0.05) is 0 Å². The van der Waals surface area contributed by atoms with Crippen LogP contribution in [0.5, 0.6) is 0 Å². The molecule has 0 atom stereocenters. The number of hydrogen-bond acceptors (Lipinski definition) is 4. The highest BCUT2D eigenvalue weighted by Gasteiger charge is 2.26. The molecule has 0 aliphatic rings. The van der Waals surface area contributed by atoms with Crippen LogP contribution in [0.15, 0.2) is 12.7 Å². The first-order valence-corrected chi connectivity index (χ1v) is 6.35. The van der Waals surface area contributed by atoms with Gasteiger partial charge in [-0.2, -0.15) is 0 Å². The zero-order valence-electron chi connectivity index (χ0n) is 9.43. The maximum Gasteiger partial charge on any atom is 0.341 e. The molecule has 0 amide bonds. The zero-order valence-corrected chi connectivity index (χ0v) is 10.3. The smallest absolute Gasteiger partial charge is 0.341 e. The lowest BCUT2D eigenvalue weighted by Gasteiger charge is -2.14. The Morgan fingerprint density at radius 3 is 1.93 bits per heavy atom. The van der Waals surface area contributed by atoms with Crippen molar-refractivity contribution in [3.8, 4) is 0 Å². The summed E-state index contributed by atoms with van der Waals surface area (Å²) in [4.78, 5) is 10.2. The summed E-state index contributed by atoms with van der Waals surface area (Å²) >= 11 is 0. The molecule has 0 aliphatic carbocycles. The van der Waals surface area contributed by atoms with Crippen molar-refractivity contribution in [1.29, 1.82) is 0 Å². The summed E-state index contributed by atoms with van der Waals surface area (Å²) in [5.74, 6) is -1.18. The van der Waals surface area contributed by atoms with Crippen molar-refractivity contribution in [1.82, 2.24) is 0 Å². The van der Waals surface area contributed by atoms with Crippen molar-refractivity contribution >= 4 is 13.6 Å². The molecule has 0 radical (unpaired) electrons. The Balaban J connectivity index is 0. The van der Waals surface area contributed by atoms with Crippen LogP contribution in [-0.2, 0) is 18.4 Å². The molecule has 0 unspecified atom stereocenters. The number of carboxylic acids is 1. The maximum atomic E-state index is 11.4. The Bertz CT molecular complexity index is 217. The van der Waals surface area contributed by atoms with Gasteiger partial charge in [-0.1, -0.05) is 6.08 Å². The largest absolute Gasteiger partial charge is 0.481 e. The van der Waals surface area contributed by atoms with Gasteiger partial charge in [0.15, 0.2) is 0 Å². The van der Waals surface area contributed by atoms with Crippen molar-refractivity contribution in [2.24, 2.45) is 0 Å². The fraction of sp³-hybridized carbons (Fsp3) is 0.667. The molecule has 0 heterocycles. The molecule has 0 aromatic carbocycles. The molecular formula is C9H19O5P. The van der Waals surface area contributed by atoms with Crippen LogP contribution in [0.25, 0.3) is 0 Å². The Morgan fingerprint density at radius 2 is 1.73 bits per heavy atom. The van der Waals surface area contributed by atoms with Crippen molar-refractivity contribution in [3.05, 3.63) is 12.7 Å². The molecular weight excluding hydrogens is 219 g/mol. The van der Waals surface area contributed by atoms with Gasteiger partial charge in [0.1, 0.15) is 6.16 Å². The Morgan fingerprint density at radius 1 is 1.40 bits per heavy atom. The van der Waals surface area contributed by atoms with E-state index in [1.807, 2.05) is 6.92 Å². The second-order valence-electron chi connectivity index (χ2n) is 2.41. The van der Waals surface area contributed by atoms with E-state index < -0.39 is 19.7 Å². The number of rotatable bonds is 6. The second-order valence-corrected chi connectivity index (χ2v) is 4.46. The van der Waals surface area contributed by atoms with Gasteiger partial charge in [0.25, 0.3) is 0 Å². The van der Waals surface area contributed by atoms with Gasteiger partial charge in [-0.3, -0.25) is 9.36 Å². The maximum absolute atomic E-state index is 11.4. The minimum atomic E-state index is -3.38. The van der Waals surface area contributed by atoms with Gasteiger partial charge >= 0.3 is 13.6 Å². The standard InChI is InChI=1S/C6H13O5P.C3H6/c1-3-10-12(9,11-4-2)5-6(7)8;1-3-2/h3-5H2,1-2H3,(H,7,8);3H,1H2,2H3. The lowest BCUT2D eigenvalue weighted by Crippen LogP contribution is -2.08. The van der Waals surface area contributed by atoms with Gasteiger partial charge in [0.2, 0.25) is 0 Å². The van der Waals surface area contributed by atoms with E-state index >= 15 is 0 Å². The molecule has 0 aromatic heterocycles. The Labute approximate surface area is 90.6 Å². The molecule has 90 valence electrons. The van der Waals surface area contributed by atoms with E-state index in [1.165, 1.54) is 0 Å². The molecule has 0 aliphatic heterocycles. The molecule has 0 fully saturated rings. The first kappa shape index (κ1) is 16.8. The third-order valence-electron chi connectivity index (χ3n) is 0.981. The van der Waals surface area contributed by atoms with E-state index in [0.717, 1.165) is 0 Å². The van der Waals surface area contributed by atoms with Gasteiger partial charge < -0.3 is 14.2 Å². The molecule has 1 N–H and O–H groups in total. The molecule has 6 heteroatoms. The van der Waals surface area contributed by atoms with Crippen LogP contribution in [-0.4, -0.2) is 30.5 Å². The average Bonchev–Trinajstić information content (AvgIpc) is 2.03. The van der Waals surface area contributed by atoms with E-state index in [9.17, 15) is 9.36 Å². The van der Waals surface area contributed by atoms with Gasteiger partial charge in [0.05, 0.1) is 13.2 Å². The monoisotopic (exact) mass is 238 g/mol. The van der Waals surface area contributed by atoms with Crippen molar-refractivity contribution < 1.29 is 23.5 Å². The van der Waals surface area contributed by atoms with E-state index in [-0.39, 0.29) is 13.2 Å². The minimum absolute atomic E-state index is 0.185. The number of carboxylic acid groups (broad SMARTS) is 1. The third-order valence-corrected chi connectivity index (χ3v) is 2.94. The molecule has 0 saturated carbocycles. The van der Waals surface area contributed by atoms with E-state index in [4.69, 9.17) is 14.2 Å². The molecule has 0 rings (SSSR count). The van der Waals surface area contributed by atoms with Crippen LogP contribution >= 0.6 is 7.60 Å². The van der Waals surface area contributed by atoms with Crippen molar-refractivity contribution in [3.63, 3.8) is 0 Å². The molecule has 0 bridgehead atoms. The lowest BCUT2D eigenvalue weighted by atomic mass is 10.8. The Kier molecular flexibility index (Phi) is 11.1. The Hall–Kier alpha value is -0.640. The summed E-state index contributed by atoms with van der Waals surface area (Å²) in [5.41, 5.74) is 0. The van der Waals surface area contributed by atoms with E-state index in [1.54, 1.807) is 19.9 Å². The molecule has 0 spiro atoms. The summed E-state index contributed by atoms with van der Waals surface area (Å²) in [6.45, 7) is 8.89. The highest BCUT2D eigenvalue weighted by molar-refractivity contribution is 7.54. The fourth-order valence-corrected chi connectivity index (χ4v) is 2.06. The summed E-state index contributed by atoms with van der Waals surface area (Å²) in [6, 6.07) is 0. The van der Waals surface area contributed by atoms with Crippen LogP contribution in [0.3, 0.4) is 0 Å². The lowest BCUT2D eigenvalue weighted by molar-refractivity contribution is -0.134. The number of allylic oxidation sites excluding steroid dienone is 1. The molecule has 0 saturated heterocycles. The molecule has 0 aromatic rings. The topological polar surface area (TPSA) is 72.8 Å². The van der Waals surface area contributed by atoms with Crippen LogP contribution in [0.4, 0.5) is 0 Å². The number of aliphatic carboxylic acids is 1. The van der Waals surface area contributed by atoms with E-state index in [0.29, 0.717) is 0 Å². The normalized spacial score (nSPS) is 10.1. The highest BCUT2D eigenvalue weighted by Crippen LogP contribution is 2.47. The number of carbonyl (C=O) groups is 1. The van der Waals surface area contributed by atoms with Crippen molar-refractivity contribution in [2.75, 3.05) is 19.4 Å². The number of hydrogen-bond donors (Lipinski definition) is 1. The van der Waals surface area contributed by atoms with Gasteiger partial charge in [-0.25, -0.2) is 0 Å². The predicted molar refractivity (Wildman–Crippen MR) is 59.2 cm³/mol. The van der Waals surface area contributed by atoms with Crippen LogP contribution < -0.4 is 0 Å². The summed E-state index contributed by atoms with van der Waals surface area (Å²) in [6.07, 6.45) is 1.18. The van der Waals surface area contributed by atoms with Crippen LogP contribution in [0, 0.1) is 0 Å². The first-order valence-electron chi connectivity index (χ1n) is 4.62. The first-order chi connectivity index (χ1) is 6.95. The second kappa shape index (κ2) is 9.90. The highest BCUT2D eigenvalue weighted by atomic mass is 31.2. The van der Waals surface area contributed by atoms with Crippen molar-refractivity contribution in [2.45, 2.75) is 20.8 Å². The van der Waals surface area contributed by atoms with E-state index in [2.05, 4.69) is 6.58 Å². The predicted octanol–water partition coefficient (Wildman–Crippen LogP) is 2.53. The minimum Gasteiger partial charge on any atom is -0.481 e. The van der Waals surface area contributed by atoms with Crippen LogP contribution in [0.2, 0.25) is 0 Å². The zero-order chi connectivity index (χ0) is 12.3. The quantitative estimate of drug-likeness (QED) is 0.568.